The predicted octanol–water partition coefficient (Wildman–Crippen LogP) is 1.78. The van der Waals surface area contributed by atoms with Gasteiger partial charge in [0.15, 0.2) is 0 Å². The summed E-state index contributed by atoms with van der Waals surface area (Å²) in [6.07, 6.45) is 0. The Morgan fingerprint density at radius 2 is 1.89 bits per heavy atom. The molecule has 1 aliphatic rings. The molecule has 1 saturated heterocycles. The summed E-state index contributed by atoms with van der Waals surface area (Å²) in [5, 5.41) is 3.27. The van der Waals surface area contributed by atoms with Gasteiger partial charge in [-0.05, 0) is 29.8 Å². The number of azide groups is 1. The van der Waals surface area contributed by atoms with Crippen molar-refractivity contribution in [1.82, 2.24) is 4.90 Å². The number of amides is 1. The van der Waals surface area contributed by atoms with E-state index < -0.39 is 0 Å². The van der Waals surface area contributed by atoms with Crippen LogP contribution in [0.1, 0.15) is 0 Å². The van der Waals surface area contributed by atoms with E-state index in [1.807, 2.05) is 0 Å². The van der Waals surface area contributed by atoms with Crippen molar-refractivity contribution in [3.8, 4) is 0 Å². The van der Waals surface area contributed by atoms with Crippen molar-refractivity contribution in [2.24, 2.45) is 5.11 Å². The van der Waals surface area contributed by atoms with Crippen LogP contribution in [0.5, 0.6) is 0 Å². The van der Waals surface area contributed by atoms with Gasteiger partial charge in [0.05, 0.1) is 0 Å². The lowest BCUT2D eigenvalue weighted by Gasteiger charge is -2.36. The summed E-state index contributed by atoms with van der Waals surface area (Å²) in [7, 11) is 0. The van der Waals surface area contributed by atoms with E-state index >= 15 is 0 Å². The molecule has 1 amide bonds. The van der Waals surface area contributed by atoms with Gasteiger partial charge in [0.25, 0.3) is 0 Å². The van der Waals surface area contributed by atoms with E-state index in [-0.39, 0.29) is 18.3 Å². The Balaban J connectivity index is 1.90. The van der Waals surface area contributed by atoms with Crippen LogP contribution in [0.3, 0.4) is 0 Å². The Labute approximate surface area is 110 Å². The minimum Gasteiger partial charge on any atom is -0.368 e. The fourth-order valence-electron chi connectivity index (χ4n) is 2.06. The Morgan fingerprint density at radius 3 is 2.47 bits per heavy atom. The third-order valence-corrected chi connectivity index (χ3v) is 3.09. The van der Waals surface area contributed by atoms with Crippen LogP contribution in [-0.4, -0.2) is 43.5 Å². The molecule has 6 nitrogen and oxygen atoms in total. The fraction of sp³-hybridized carbons (Fsp3) is 0.417. The molecule has 0 bridgehead atoms. The van der Waals surface area contributed by atoms with Crippen LogP contribution in [0.25, 0.3) is 10.4 Å². The zero-order valence-corrected chi connectivity index (χ0v) is 10.4. The van der Waals surface area contributed by atoms with Crippen LogP contribution in [-0.2, 0) is 4.79 Å². The van der Waals surface area contributed by atoms with Crippen molar-refractivity contribution < 1.29 is 9.18 Å². The monoisotopic (exact) mass is 263 g/mol. The number of anilines is 1. The number of carbonyl (C=O) groups is 1. The maximum atomic E-state index is 12.8. The number of rotatable bonds is 3. The van der Waals surface area contributed by atoms with Gasteiger partial charge in [-0.15, -0.1) is 0 Å². The van der Waals surface area contributed by atoms with Gasteiger partial charge in [0, 0.05) is 36.8 Å². The molecule has 2 rings (SSSR count). The summed E-state index contributed by atoms with van der Waals surface area (Å²) in [5.41, 5.74) is 9.12. The smallest absolute Gasteiger partial charge is 0.228 e. The molecule has 1 aromatic rings. The first-order chi connectivity index (χ1) is 9.20. The molecule has 0 unspecified atom stereocenters. The summed E-state index contributed by atoms with van der Waals surface area (Å²) >= 11 is 0. The third-order valence-electron chi connectivity index (χ3n) is 3.09. The molecule has 0 aromatic heterocycles. The largest absolute Gasteiger partial charge is 0.368 e. The van der Waals surface area contributed by atoms with Gasteiger partial charge in [0.2, 0.25) is 5.91 Å². The number of nitrogens with zero attached hydrogens (tertiary/aromatic N) is 5. The number of hydrogen-bond donors (Lipinski definition) is 0. The molecule has 1 aliphatic heterocycles. The van der Waals surface area contributed by atoms with Gasteiger partial charge < -0.3 is 9.80 Å². The average Bonchev–Trinajstić information content (AvgIpc) is 2.46. The molecule has 1 aromatic carbocycles. The number of halogens is 1. The van der Waals surface area contributed by atoms with Crippen LogP contribution in [0, 0.1) is 5.82 Å². The van der Waals surface area contributed by atoms with Crippen LogP contribution in [0.4, 0.5) is 10.1 Å². The topological polar surface area (TPSA) is 72.3 Å². The number of hydrogen-bond acceptors (Lipinski definition) is 3. The minimum atomic E-state index is -0.257. The molecular weight excluding hydrogens is 249 g/mol. The van der Waals surface area contributed by atoms with E-state index in [4.69, 9.17) is 5.53 Å². The number of benzene rings is 1. The van der Waals surface area contributed by atoms with Gasteiger partial charge >= 0.3 is 0 Å². The lowest BCUT2D eigenvalue weighted by molar-refractivity contribution is -0.129. The van der Waals surface area contributed by atoms with Crippen LogP contribution < -0.4 is 4.90 Å². The molecule has 1 fully saturated rings. The number of carbonyl (C=O) groups excluding carboxylic acids is 1. The molecule has 0 N–H and O–H groups in total. The van der Waals surface area contributed by atoms with Crippen molar-refractivity contribution in [2.75, 3.05) is 37.6 Å². The lowest BCUT2D eigenvalue weighted by Crippen LogP contribution is -2.49. The minimum absolute atomic E-state index is 0.132. The molecule has 0 aliphatic carbocycles. The van der Waals surface area contributed by atoms with Gasteiger partial charge in [-0.3, -0.25) is 4.79 Å². The van der Waals surface area contributed by atoms with Crippen LogP contribution in [0.15, 0.2) is 29.4 Å². The molecule has 0 radical (unpaired) electrons. The van der Waals surface area contributed by atoms with Crippen molar-refractivity contribution in [1.29, 1.82) is 0 Å². The molecule has 7 heteroatoms. The molecule has 100 valence electrons. The quantitative estimate of drug-likeness (QED) is 0.473. The average molecular weight is 263 g/mol. The zero-order chi connectivity index (χ0) is 13.7. The number of piperazine rings is 1. The lowest BCUT2D eigenvalue weighted by atomic mass is 10.2. The van der Waals surface area contributed by atoms with E-state index in [1.165, 1.54) is 12.1 Å². The first-order valence-corrected chi connectivity index (χ1v) is 6.00. The van der Waals surface area contributed by atoms with Gasteiger partial charge in [-0.2, -0.15) is 0 Å². The Bertz CT molecular complexity index is 489. The third kappa shape index (κ3) is 3.35. The Morgan fingerprint density at radius 1 is 1.26 bits per heavy atom. The molecule has 1 heterocycles. The first kappa shape index (κ1) is 13.2. The Kier molecular flexibility index (Phi) is 4.20. The summed E-state index contributed by atoms with van der Waals surface area (Å²) < 4.78 is 12.8. The van der Waals surface area contributed by atoms with Gasteiger partial charge in [-0.1, -0.05) is 5.11 Å². The van der Waals surface area contributed by atoms with E-state index in [9.17, 15) is 9.18 Å². The van der Waals surface area contributed by atoms with E-state index in [1.54, 1.807) is 17.0 Å². The van der Waals surface area contributed by atoms with Gasteiger partial charge in [-0.25, -0.2) is 4.39 Å². The summed E-state index contributed by atoms with van der Waals surface area (Å²) in [6.45, 7) is 2.41. The first-order valence-electron chi connectivity index (χ1n) is 6.00. The van der Waals surface area contributed by atoms with Crippen LogP contribution >= 0.6 is 0 Å². The maximum Gasteiger partial charge on any atom is 0.228 e. The summed E-state index contributed by atoms with van der Waals surface area (Å²) in [6, 6.07) is 6.31. The highest BCUT2D eigenvalue weighted by molar-refractivity contribution is 5.78. The fourth-order valence-corrected chi connectivity index (χ4v) is 2.06. The molecule has 19 heavy (non-hydrogen) atoms. The highest BCUT2D eigenvalue weighted by Crippen LogP contribution is 2.16. The SMILES string of the molecule is [N-]=[N+]=NCC(=O)N1CCN(c2ccc(F)cc2)CC1. The van der Waals surface area contributed by atoms with Crippen molar-refractivity contribution in [3.63, 3.8) is 0 Å². The second-order valence-electron chi connectivity index (χ2n) is 4.23. The molecule has 0 saturated carbocycles. The molecular formula is C12H14FN5O. The standard InChI is InChI=1S/C12H14FN5O/c13-10-1-3-11(4-2-10)17-5-7-18(8-6-17)12(19)9-15-16-14/h1-4H,5-9H2. The predicted molar refractivity (Wildman–Crippen MR) is 69.2 cm³/mol. The van der Waals surface area contributed by atoms with Crippen molar-refractivity contribution in [2.45, 2.75) is 0 Å². The highest BCUT2D eigenvalue weighted by Gasteiger charge is 2.20. The Hall–Kier alpha value is -2.27. The summed E-state index contributed by atoms with van der Waals surface area (Å²) in [4.78, 5) is 18.0. The molecule has 0 atom stereocenters. The van der Waals surface area contributed by atoms with Crippen molar-refractivity contribution >= 4 is 11.6 Å². The highest BCUT2D eigenvalue weighted by atomic mass is 19.1. The van der Waals surface area contributed by atoms with E-state index in [0.717, 1.165) is 5.69 Å². The maximum absolute atomic E-state index is 12.8. The van der Waals surface area contributed by atoms with E-state index in [2.05, 4.69) is 14.9 Å². The second kappa shape index (κ2) is 6.06. The van der Waals surface area contributed by atoms with Crippen molar-refractivity contribution in [3.05, 3.63) is 40.5 Å². The van der Waals surface area contributed by atoms with Crippen LogP contribution in [0.2, 0.25) is 0 Å². The van der Waals surface area contributed by atoms with Gasteiger partial charge in [0.1, 0.15) is 12.4 Å². The summed E-state index contributed by atoms with van der Waals surface area (Å²) in [5.74, 6) is -0.413. The molecule has 0 spiro atoms. The zero-order valence-electron chi connectivity index (χ0n) is 10.4. The second-order valence-corrected chi connectivity index (χ2v) is 4.23. The van der Waals surface area contributed by atoms with E-state index in [0.29, 0.717) is 26.2 Å². The normalized spacial score (nSPS) is 15.0.